The number of fused-ring (bicyclic) bond motifs is 1. The Morgan fingerprint density at radius 2 is 1.53 bits per heavy atom. The number of hydrogen-bond donors (Lipinski definition) is 2. The second-order valence-corrected chi connectivity index (χ2v) is 11.6. The van der Waals surface area contributed by atoms with E-state index in [1.807, 2.05) is 45.9 Å². The lowest BCUT2D eigenvalue weighted by atomic mass is 9.67. The average Bonchev–Trinajstić information content (AvgIpc) is 3.01. The summed E-state index contributed by atoms with van der Waals surface area (Å²) in [5.41, 5.74) is -0.0721. The van der Waals surface area contributed by atoms with Gasteiger partial charge >= 0.3 is 17.9 Å². The van der Waals surface area contributed by atoms with E-state index in [2.05, 4.69) is 0 Å². The highest BCUT2D eigenvalue weighted by Gasteiger charge is 2.47. The maximum atomic E-state index is 13.0. The Hall–Kier alpha value is -4.27. The van der Waals surface area contributed by atoms with Crippen molar-refractivity contribution in [2.24, 2.45) is 5.92 Å². The average molecular weight is 623 g/mol. The molecule has 1 aliphatic rings. The summed E-state index contributed by atoms with van der Waals surface area (Å²) in [4.78, 5) is 61.8. The molecular formula is C36H46O9. The molecular weight excluding hydrogens is 576 g/mol. The molecule has 0 aromatic heterocycles. The van der Waals surface area contributed by atoms with Gasteiger partial charge in [0, 0.05) is 5.56 Å². The van der Waals surface area contributed by atoms with E-state index in [1.54, 1.807) is 57.2 Å². The van der Waals surface area contributed by atoms with E-state index in [0.29, 0.717) is 36.8 Å². The van der Waals surface area contributed by atoms with Gasteiger partial charge in [-0.1, -0.05) is 88.2 Å². The minimum absolute atomic E-state index is 0.162. The molecule has 0 bridgehead atoms. The molecule has 1 aliphatic carbocycles. The molecule has 2 aromatic rings. The molecule has 244 valence electrons. The van der Waals surface area contributed by atoms with Crippen LogP contribution in [0, 0.1) is 5.92 Å². The smallest absolute Gasteiger partial charge is 0.345 e. The summed E-state index contributed by atoms with van der Waals surface area (Å²) in [5.74, 6) is -6.28. The normalized spacial score (nSPS) is 18.3. The standard InChI is InChI=1S/C19H26O5.C17H20O4/c1-5-12-19(4,14-10-8-7-9-11-14)16(20)15(17(21)22)18(23)24-13(3)6-2;1-4-10-17(3)12-9-7-6-8-11(12)14(18)13(15(17)19)16(20)21-5-2/h7-11,13,15H,5-6,12H2,1-4H3,(H,21,22);6-9,18H,4-5,10H2,1-3H3. The number of carboxylic acid groups (broad SMARTS) is 1. The molecule has 45 heavy (non-hydrogen) atoms. The fraction of sp³-hybridized carbons (Fsp3) is 0.472. The Bertz CT molecular complexity index is 1410. The zero-order chi connectivity index (χ0) is 33.9. The van der Waals surface area contributed by atoms with E-state index in [-0.39, 0.29) is 23.7 Å². The Balaban J connectivity index is 0.000000316. The largest absolute Gasteiger partial charge is 0.506 e. The van der Waals surface area contributed by atoms with E-state index in [9.17, 15) is 34.2 Å². The molecule has 0 spiro atoms. The van der Waals surface area contributed by atoms with E-state index in [0.717, 1.165) is 12.0 Å². The van der Waals surface area contributed by atoms with Gasteiger partial charge in [0.1, 0.15) is 11.3 Å². The molecule has 9 heteroatoms. The van der Waals surface area contributed by atoms with Crippen LogP contribution in [0.15, 0.2) is 60.2 Å². The Morgan fingerprint density at radius 3 is 2.07 bits per heavy atom. The number of hydrogen-bond acceptors (Lipinski definition) is 8. The summed E-state index contributed by atoms with van der Waals surface area (Å²) < 4.78 is 10.0. The van der Waals surface area contributed by atoms with Gasteiger partial charge in [-0.15, -0.1) is 0 Å². The Morgan fingerprint density at radius 1 is 0.933 bits per heavy atom. The van der Waals surface area contributed by atoms with Gasteiger partial charge in [0.15, 0.2) is 11.6 Å². The summed E-state index contributed by atoms with van der Waals surface area (Å²) in [7, 11) is 0. The lowest BCUT2D eigenvalue weighted by molar-refractivity contribution is -0.165. The van der Waals surface area contributed by atoms with Crippen LogP contribution in [-0.4, -0.2) is 52.4 Å². The predicted octanol–water partition coefficient (Wildman–Crippen LogP) is 6.52. The number of rotatable bonds is 13. The number of ether oxygens (including phenoxy) is 2. The van der Waals surface area contributed by atoms with Gasteiger partial charge in [0.25, 0.3) is 0 Å². The highest BCUT2D eigenvalue weighted by atomic mass is 16.5. The van der Waals surface area contributed by atoms with Gasteiger partial charge in [0.2, 0.25) is 5.92 Å². The van der Waals surface area contributed by atoms with Crippen molar-refractivity contribution in [1.29, 1.82) is 0 Å². The second-order valence-electron chi connectivity index (χ2n) is 11.6. The summed E-state index contributed by atoms with van der Waals surface area (Å²) >= 11 is 0. The number of carbonyl (C=O) groups is 5. The van der Waals surface area contributed by atoms with Crippen molar-refractivity contribution in [3.05, 3.63) is 76.9 Å². The first kappa shape index (κ1) is 36.9. The van der Waals surface area contributed by atoms with Crippen molar-refractivity contribution in [2.45, 2.75) is 97.5 Å². The fourth-order valence-corrected chi connectivity index (χ4v) is 5.66. The molecule has 3 rings (SSSR count). The van der Waals surface area contributed by atoms with Crippen LogP contribution in [0.1, 0.15) is 97.3 Å². The Kier molecular flexibility index (Phi) is 13.3. The Labute approximate surface area is 265 Å². The first-order valence-electron chi connectivity index (χ1n) is 15.5. The number of Topliss-reactive ketones (excluding diaryl/α,β-unsaturated/α-hetero) is 2. The maximum Gasteiger partial charge on any atom is 0.345 e. The highest BCUT2D eigenvalue weighted by Crippen LogP contribution is 2.42. The third kappa shape index (κ3) is 8.07. The number of esters is 2. The topological polar surface area (TPSA) is 144 Å². The van der Waals surface area contributed by atoms with Crippen molar-refractivity contribution >= 4 is 35.2 Å². The van der Waals surface area contributed by atoms with Gasteiger partial charge in [-0.3, -0.25) is 19.2 Å². The van der Waals surface area contributed by atoms with Gasteiger partial charge in [-0.2, -0.15) is 0 Å². The molecule has 4 unspecified atom stereocenters. The summed E-state index contributed by atoms with van der Waals surface area (Å²) in [6.07, 6.45) is 2.67. The minimum Gasteiger partial charge on any atom is -0.506 e. The monoisotopic (exact) mass is 622 g/mol. The van der Waals surface area contributed by atoms with Crippen LogP contribution in [0.3, 0.4) is 0 Å². The summed E-state index contributed by atoms with van der Waals surface area (Å²) in [6.45, 7) is 12.7. The number of aliphatic hydroxyl groups excluding tert-OH is 1. The van der Waals surface area contributed by atoms with Crippen LogP contribution in [0.5, 0.6) is 0 Å². The van der Waals surface area contributed by atoms with E-state index in [4.69, 9.17) is 9.47 Å². The van der Waals surface area contributed by atoms with Crippen molar-refractivity contribution in [3.8, 4) is 0 Å². The minimum atomic E-state index is -1.81. The predicted molar refractivity (Wildman–Crippen MR) is 171 cm³/mol. The summed E-state index contributed by atoms with van der Waals surface area (Å²) in [6, 6.07) is 16.2. The molecule has 2 N–H and O–H groups in total. The molecule has 0 amide bonds. The number of ketones is 2. The lowest BCUT2D eigenvalue weighted by Gasteiger charge is -2.34. The molecule has 0 saturated heterocycles. The maximum absolute atomic E-state index is 13.0. The van der Waals surface area contributed by atoms with Crippen molar-refractivity contribution in [3.63, 3.8) is 0 Å². The van der Waals surface area contributed by atoms with Crippen molar-refractivity contribution in [2.75, 3.05) is 6.61 Å². The third-order valence-corrected chi connectivity index (χ3v) is 8.31. The highest BCUT2D eigenvalue weighted by molar-refractivity contribution is 6.27. The molecule has 9 nitrogen and oxygen atoms in total. The molecule has 0 aliphatic heterocycles. The number of aliphatic hydroxyl groups is 1. The van der Waals surface area contributed by atoms with E-state index >= 15 is 0 Å². The number of benzene rings is 2. The molecule has 0 radical (unpaired) electrons. The first-order valence-corrected chi connectivity index (χ1v) is 15.5. The molecule has 0 fully saturated rings. The first-order chi connectivity index (χ1) is 21.2. The zero-order valence-electron chi connectivity index (χ0n) is 27.3. The molecule has 0 saturated carbocycles. The molecule has 0 heterocycles. The van der Waals surface area contributed by atoms with Crippen LogP contribution in [0.25, 0.3) is 5.76 Å². The summed E-state index contributed by atoms with van der Waals surface area (Å²) in [5, 5.41) is 19.8. The van der Waals surface area contributed by atoms with Crippen LogP contribution >= 0.6 is 0 Å². The van der Waals surface area contributed by atoms with Gasteiger partial charge in [-0.25, -0.2) is 4.79 Å². The SMILES string of the molecule is CCCC(C)(C(=O)C(C(=O)O)C(=O)OC(C)CC)c1ccccc1.CCCC1(C)C(=O)C(C(=O)OCC)=C(O)c2ccccc21. The zero-order valence-corrected chi connectivity index (χ0v) is 27.3. The number of carboxylic acids is 1. The van der Waals surface area contributed by atoms with Crippen LogP contribution in [-0.2, 0) is 44.3 Å². The van der Waals surface area contributed by atoms with Gasteiger partial charge < -0.3 is 19.7 Å². The lowest BCUT2D eigenvalue weighted by Crippen LogP contribution is -2.45. The van der Waals surface area contributed by atoms with Crippen LogP contribution < -0.4 is 0 Å². The van der Waals surface area contributed by atoms with Crippen molar-refractivity contribution < 1.29 is 43.7 Å². The fourth-order valence-electron chi connectivity index (χ4n) is 5.66. The van der Waals surface area contributed by atoms with Gasteiger partial charge in [-0.05, 0) is 58.1 Å². The second kappa shape index (κ2) is 16.2. The van der Waals surface area contributed by atoms with Gasteiger partial charge in [0.05, 0.1) is 23.5 Å². The number of aliphatic carboxylic acids is 1. The van der Waals surface area contributed by atoms with E-state index in [1.165, 1.54) is 0 Å². The quantitative estimate of drug-likeness (QED) is 0.145. The van der Waals surface area contributed by atoms with Crippen molar-refractivity contribution in [1.82, 2.24) is 0 Å². The van der Waals surface area contributed by atoms with E-state index < -0.39 is 46.5 Å². The third-order valence-electron chi connectivity index (χ3n) is 8.31. The molecule has 2 aromatic carbocycles. The van der Waals surface area contributed by atoms with Crippen LogP contribution in [0.4, 0.5) is 0 Å². The number of carbonyl (C=O) groups excluding carboxylic acids is 4. The van der Waals surface area contributed by atoms with Crippen LogP contribution in [0.2, 0.25) is 0 Å². The molecule has 4 atom stereocenters.